The highest BCUT2D eigenvalue weighted by Gasteiger charge is 2.13. The van der Waals surface area contributed by atoms with Crippen molar-refractivity contribution in [1.29, 1.82) is 0 Å². The van der Waals surface area contributed by atoms with Gasteiger partial charge in [0.25, 0.3) is 0 Å². The van der Waals surface area contributed by atoms with Crippen LogP contribution in [0.4, 0.5) is 0 Å². The van der Waals surface area contributed by atoms with E-state index in [0.29, 0.717) is 5.56 Å². The van der Waals surface area contributed by atoms with Crippen LogP contribution in [0.1, 0.15) is 10.5 Å². The number of phenols is 1. The Kier molecular flexibility index (Phi) is 2.13. The third kappa shape index (κ3) is 1.67. The summed E-state index contributed by atoms with van der Waals surface area (Å²) in [4.78, 5) is 14.3. The van der Waals surface area contributed by atoms with E-state index in [1.165, 1.54) is 6.07 Å². The summed E-state index contributed by atoms with van der Waals surface area (Å²) in [5.41, 5.74) is 0.179. The van der Waals surface area contributed by atoms with E-state index in [1.807, 2.05) is 0 Å². The lowest BCUT2D eigenvalue weighted by atomic mass is 10.2. The minimum absolute atomic E-state index is 0.00344. The van der Waals surface area contributed by atoms with Crippen LogP contribution in [0.2, 0.25) is 0 Å². The molecule has 1 heterocycles. The Hall–Kier alpha value is -2.30. The lowest BCUT2D eigenvalue weighted by Crippen LogP contribution is -1.95. The van der Waals surface area contributed by atoms with Crippen LogP contribution < -0.4 is 0 Å². The van der Waals surface area contributed by atoms with E-state index in [0.717, 1.165) is 6.26 Å². The second-order valence-electron chi connectivity index (χ2n) is 2.86. The molecule has 5 heteroatoms. The Morgan fingerprint density at radius 1 is 1.33 bits per heavy atom. The molecule has 0 radical (unpaired) electrons. The van der Waals surface area contributed by atoms with E-state index < -0.39 is 5.97 Å². The van der Waals surface area contributed by atoms with Gasteiger partial charge >= 0.3 is 5.97 Å². The second-order valence-corrected chi connectivity index (χ2v) is 2.86. The van der Waals surface area contributed by atoms with Gasteiger partial charge in [0.2, 0.25) is 5.89 Å². The van der Waals surface area contributed by atoms with Gasteiger partial charge < -0.3 is 14.6 Å². The smallest absolute Gasteiger partial charge is 0.357 e. The summed E-state index contributed by atoms with van der Waals surface area (Å²) in [5.74, 6) is -1.08. The van der Waals surface area contributed by atoms with E-state index in [4.69, 9.17) is 9.52 Å². The minimum atomic E-state index is -1.17. The third-order valence-corrected chi connectivity index (χ3v) is 1.86. The van der Waals surface area contributed by atoms with E-state index >= 15 is 0 Å². The molecule has 76 valence electrons. The van der Waals surface area contributed by atoms with Crippen molar-refractivity contribution in [3.63, 3.8) is 0 Å². The average Bonchev–Trinajstić information content (AvgIpc) is 2.67. The van der Waals surface area contributed by atoms with Crippen molar-refractivity contribution in [2.75, 3.05) is 0 Å². The van der Waals surface area contributed by atoms with Crippen molar-refractivity contribution in [3.8, 4) is 17.2 Å². The number of aromatic hydroxyl groups is 1. The van der Waals surface area contributed by atoms with Crippen LogP contribution in [0.15, 0.2) is 34.9 Å². The molecule has 1 aromatic carbocycles. The first-order valence-corrected chi connectivity index (χ1v) is 4.15. The lowest BCUT2D eigenvalue weighted by Gasteiger charge is -1.97. The molecular formula is C10H7NO4. The zero-order valence-electron chi connectivity index (χ0n) is 7.54. The first-order chi connectivity index (χ1) is 7.18. The highest BCUT2D eigenvalue weighted by Crippen LogP contribution is 2.27. The molecule has 5 nitrogen and oxygen atoms in total. The molecule has 0 bridgehead atoms. The fourth-order valence-electron chi connectivity index (χ4n) is 1.15. The van der Waals surface area contributed by atoms with E-state index in [9.17, 15) is 9.90 Å². The van der Waals surface area contributed by atoms with Crippen molar-refractivity contribution in [2.24, 2.45) is 0 Å². The molecule has 15 heavy (non-hydrogen) atoms. The summed E-state index contributed by atoms with van der Waals surface area (Å²) in [6, 6.07) is 6.41. The quantitative estimate of drug-likeness (QED) is 0.780. The molecule has 2 aromatic rings. The Morgan fingerprint density at radius 3 is 2.67 bits per heavy atom. The average molecular weight is 205 g/mol. The lowest BCUT2D eigenvalue weighted by molar-refractivity contribution is 0.0690. The molecule has 0 unspecified atom stereocenters. The molecule has 2 N–H and O–H groups in total. The monoisotopic (exact) mass is 205 g/mol. The normalized spacial score (nSPS) is 10.1. The topological polar surface area (TPSA) is 83.6 Å². The maximum atomic E-state index is 10.5. The number of oxazole rings is 1. The van der Waals surface area contributed by atoms with E-state index in [2.05, 4.69) is 4.98 Å². The number of rotatable bonds is 2. The van der Waals surface area contributed by atoms with Crippen LogP contribution in [0.25, 0.3) is 11.5 Å². The van der Waals surface area contributed by atoms with Crippen molar-refractivity contribution >= 4 is 5.97 Å². The van der Waals surface area contributed by atoms with Crippen LogP contribution in [-0.4, -0.2) is 21.2 Å². The van der Waals surface area contributed by atoms with Crippen LogP contribution in [0.5, 0.6) is 5.75 Å². The maximum Gasteiger partial charge on any atom is 0.357 e. The van der Waals surface area contributed by atoms with Crippen molar-refractivity contribution in [1.82, 2.24) is 4.98 Å². The third-order valence-electron chi connectivity index (χ3n) is 1.86. The zero-order valence-corrected chi connectivity index (χ0v) is 7.54. The summed E-state index contributed by atoms with van der Waals surface area (Å²) in [6.45, 7) is 0. The highest BCUT2D eigenvalue weighted by molar-refractivity contribution is 5.85. The molecule has 0 aliphatic rings. The van der Waals surface area contributed by atoms with E-state index in [1.54, 1.807) is 18.2 Å². The first-order valence-electron chi connectivity index (χ1n) is 4.15. The number of para-hydroxylation sites is 1. The highest BCUT2D eigenvalue weighted by atomic mass is 16.4. The Bertz CT molecular complexity index is 504. The zero-order chi connectivity index (χ0) is 10.8. The first kappa shape index (κ1) is 9.26. The van der Waals surface area contributed by atoms with Gasteiger partial charge in [-0.2, -0.15) is 0 Å². The van der Waals surface area contributed by atoms with Gasteiger partial charge in [0.1, 0.15) is 12.0 Å². The van der Waals surface area contributed by atoms with Gasteiger partial charge in [-0.1, -0.05) is 12.1 Å². The Morgan fingerprint density at radius 2 is 2.07 bits per heavy atom. The SMILES string of the molecule is O=C(O)c1coc(-c2ccccc2O)n1. The number of phenolic OH excluding ortho intramolecular Hbond substituents is 1. The van der Waals surface area contributed by atoms with Crippen LogP contribution in [-0.2, 0) is 0 Å². The largest absolute Gasteiger partial charge is 0.507 e. The van der Waals surface area contributed by atoms with Crippen molar-refractivity contribution in [2.45, 2.75) is 0 Å². The minimum Gasteiger partial charge on any atom is -0.507 e. The van der Waals surface area contributed by atoms with Gasteiger partial charge in [0.15, 0.2) is 5.69 Å². The Balaban J connectivity index is 2.46. The van der Waals surface area contributed by atoms with Crippen LogP contribution in [0.3, 0.4) is 0 Å². The molecule has 2 rings (SSSR count). The number of carbonyl (C=O) groups is 1. The number of carboxylic acid groups (broad SMARTS) is 1. The van der Waals surface area contributed by atoms with Gasteiger partial charge in [-0.25, -0.2) is 9.78 Å². The second kappa shape index (κ2) is 3.45. The number of hydrogen-bond acceptors (Lipinski definition) is 4. The summed E-state index contributed by atoms with van der Waals surface area (Å²) < 4.78 is 4.94. The molecule has 0 saturated carbocycles. The Labute approximate surface area is 84.6 Å². The number of hydrogen-bond donors (Lipinski definition) is 2. The number of carboxylic acids is 1. The molecular weight excluding hydrogens is 198 g/mol. The van der Waals surface area contributed by atoms with Crippen LogP contribution in [0, 0.1) is 0 Å². The molecule has 0 amide bonds. The predicted molar refractivity (Wildman–Crippen MR) is 50.6 cm³/mol. The fraction of sp³-hybridized carbons (Fsp3) is 0. The van der Waals surface area contributed by atoms with Gasteiger partial charge in [-0.15, -0.1) is 0 Å². The number of aromatic nitrogens is 1. The number of aromatic carboxylic acids is 1. The molecule has 0 aliphatic carbocycles. The van der Waals surface area contributed by atoms with Crippen LogP contribution >= 0.6 is 0 Å². The maximum absolute atomic E-state index is 10.5. The summed E-state index contributed by atoms with van der Waals surface area (Å²) in [7, 11) is 0. The van der Waals surface area contributed by atoms with Crippen molar-refractivity contribution < 1.29 is 19.4 Å². The molecule has 0 spiro atoms. The van der Waals surface area contributed by atoms with Gasteiger partial charge in [0, 0.05) is 0 Å². The molecule has 0 atom stereocenters. The molecule has 0 saturated heterocycles. The standard InChI is InChI=1S/C10H7NO4/c12-8-4-2-1-3-6(8)9-11-7(5-15-9)10(13)14/h1-5,12H,(H,13,14). The number of benzene rings is 1. The van der Waals surface area contributed by atoms with Crippen molar-refractivity contribution in [3.05, 3.63) is 36.2 Å². The molecule has 0 aliphatic heterocycles. The fourth-order valence-corrected chi connectivity index (χ4v) is 1.15. The van der Waals surface area contributed by atoms with Gasteiger partial charge in [-0.3, -0.25) is 0 Å². The molecule has 1 aromatic heterocycles. The summed E-state index contributed by atoms with van der Waals surface area (Å²) >= 11 is 0. The van der Waals surface area contributed by atoms with E-state index in [-0.39, 0.29) is 17.3 Å². The summed E-state index contributed by atoms with van der Waals surface area (Å²) in [5, 5.41) is 18.1. The summed E-state index contributed by atoms with van der Waals surface area (Å²) in [6.07, 6.45) is 1.03. The molecule has 0 fully saturated rings. The van der Waals surface area contributed by atoms with Gasteiger partial charge in [0.05, 0.1) is 5.56 Å². The number of nitrogens with zero attached hydrogens (tertiary/aromatic N) is 1. The predicted octanol–water partition coefficient (Wildman–Crippen LogP) is 1.75. The van der Waals surface area contributed by atoms with Gasteiger partial charge in [-0.05, 0) is 12.1 Å².